The van der Waals surface area contributed by atoms with Gasteiger partial charge in [0.2, 0.25) is 10.0 Å². The number of aryl methyl sites for hydroxylation is 2. The van der Waals surface area contributed by atoms with E-state index in [2.05, 4.69) is 0 Å². The number of aromatic hydroxyl groups is 1. The van der Waals surface area contributed by atoms with Crippen LogP contribution in [0.25, 0.3) is 0 Å². The number of aliphatic hydroxyl groups excluding tert-OH is 2. The molecule has 0 saturated carbocycles. The first-order valence-electron chi connectivity index (χ1n) is 5.86. The molecule has 0 aliphatic carbocycles. The number of hydrogen-bond donors (Lipinski definition) is 3. The minimum Gasteiger partial charge on any atom is -0.507 e. The van der Waals surface area contributed by atoms with Crippen LogP contribution in [0.3, 0.4) is 0 Å². The Hall–Kier alpha value is -1.15. The number of nitrogens with zero attached hydrogens (tertiary/aromatic N) is 1. The molecule has 0 amide bonds. The molecule has 0 spiro atoms. The number of phenolic OH excluding ortho intramolecular Hbond substituents is 1. The minimum absolute atomic E-state index is 0.0437. The van der Waals surface area contributed by atoms with E-state index in [1.807, 2.05) is 0 Å². The second kappa shape index (κ2) is 6.33. The van der Waals surface area contributed by atoms with Gasteiger partial charge >= 0.3 is 0 Å². The van der Waals surface area contributed by atoms with Gasteiger partial charge in [0.1, 0.15) is 5.75 Å². The lowest BCUT2D eigenvalue weighted by molar-refractivity contribution is 0.217. The third-order valence-electron chi connectivity index (χ3n) is 2.80. The van der Waals surface area contributed by atoms with E-state index in [0.29, 0.717) is 11.1 Å². The smallest absolute Gasteiger partial charge is 0.243 e. The molecule has 19 heavy (non-hydrogen) atoms. The summed E-state index contributed by atoms with van der Waals surface area (Å²) in [6.45, 7) is 2.42. The van der Waals surface area contributed by atoms with Gasteiger partial charge in [-0.15, -0.1) is 0 Å². The SMILES string of the molecule is Cc1cc(S(=O)(=O)N(CCO)CCO)cc(C)c1O. The Kier molecular flexibility index (Phi) is 5.30. The number of sulfonamides is 1. The van der Waals surface area contributed by atoms with Crippen LogP contribution in [-0.4, -0.2) is 54.3 Å². The summed E-state index contributed by atoms with van der Waals surface area (Å²) in [4.78, 5) is 0.0437. The van der Waals surface area contributed by atoms with Crippen LogP contribution in [0.15, 0.2) is 17.0 Å². The van der Waals surface area contributed by atoms with Crippen molar-refractivity contribution in [3.63, 3.8) is 0 Å². The van der Waals surface area contributed by atoms with Crippen LogP contribution in [0, 0.1) is 13.8 Å². The average Bonchev–Trinajstić information content (AvgIpc) is 2.35. The summed E-state index contributed by atoms with van der Waals surface area (Å²) in [7, 11) is -3.78. The van der Waals surface area contributed by atoms with Gasteiger partial charge in [0.05, 0.1) is 18.1 Å². The molecule has 0 bridgehead atoms. The molecule has 0 aromatic heterocycles. The van der Waals surface area contributed by atoms with Crippen molar-refractivity contribution in [2.75, 3.05) is 26.3 Å². The van der Waals surface area contributed by atoms with Gasteiger partial charge in [-0.2, -0.15) is 4.31 Å². The molecular weight excluding hydrogens is 270 g/mol. The zero-order chi connectivity index (χ0) is 14.6. The molecule has 1 aromatic rings. The Balaban J connectivity index is 3.25. The number of aliphatic hydroxyl groups is 2. The van der Waals surface area contributed by atoms with E-state index in [1.54, 1.807) is 13.8 Å². The summed E-state index contributed by atoms with van der Waals surface area (Å²) in [5.41, 5.74) is 0.929. The molecule has 3 N–H and O–H groups in total. The Morgan fingerprint density at radius 1 is 1.05 bits per heavy atom. The number of benzene rings is 1. The number of rotatable bonds is 6. The van der Waals surface area contributed by atoms with E-state index in [9.17, 15) is 13.5 Å². The van der Waals surface area contributed by atoms with Crippen LogP contribution in [0.5, 0.6) is 5.75 Å². The van der Waals surface area contributed by atoms with Crippen molar-refractivity contribution in [1.82, 2.24) is 4.31 Å². The molecule has 7 heteroatoms. The lowest BCUT2D eigenvalue weighted by Crippen LogP contribution is -2.35. The summed E-state index contributed by atoms with van der Waals surface area (Å²) >= 11 is 0. The Morgan fingerprint density at radius 3 is 1.84 bits per heavy atom. The minimum atomic E-state index is -3.78. The fraction of sp³-hybridized carbons (Fsp3) is 0.500. The van der Waals surface area contributed by atoms with Crippen LogP contribution in [0.4, 0.5) is 0 Å². The van der Waals surface area contributed by atoms with Gasteiger partial charge in [0.25, 0.3) is 0 Å². The van der Waals surface area contributed by atoms with Crippen molar-refractivity contribution < 1.29 is 23.7 Å². The summed E-state index contributed by atoms with van der Waals surface area (Å²) in [5.74, 6) is 0.0646. The van der Waals surface area contributed by atoms with E-state index >= 15 is 0 Å². The largest absolute Gasteiger partial charge is 0.507 e. The normalized spacial score (nSPS) is 12.1. The van der Waals surface area contributed by atoms with Gasteiger partial charge in [-0.05, 0) is 37.1 Å². The van der Waals surface area contributed by atoms with Gasteiger partial charge in [0.15, 0.2) is 0 Å². The third-order valence-corrected chi connectivity index (χ3v) is 4.68. The van der Waals surface area contributed by atoms with Gasteiger partial charge in [-0.1, -0.05) is 0 Å². The third kappa shape index (κ3) is 3.44. The molecule has 0 aliphatic heterocycles. The van der Waals surface area contributed by atoms with E-state index < -0.39 is 10.0 Å². The molecule has 0 fully saturated rings. The monoisotopic (exact) mass is 289 g/mol. The molecule has 0 unspecified atom stereocenters. The second-order valence-electron chi connectivity index (χ2n) is 4.26. The van der Waals surface area contributed by atoms with Gasteiger partial charge in [-0.25, -0.2) is 8.42 Å². The first kappa shape index (κ1) is 15.9. The summed E-state index contributed by atoms with van der Waals surface area (Å²) in [5, 5.41) is 27.5. The zero-order valence-corrected chi connectivity index (χ0v) is 11.8. The topological polar surface area (TPSA) is 98.1 Å². The molecule has 0 heterocycles. The summed E-state index contributed by atoms with van der Waals surface area (Å²) in [6.07, 6.45) is 0. The van der Waals surface area contributed by atoms with Crippen LogP contribution < -0.4 is 0 Å². The predicted molar refractivity (Wildman–Crippen MR) is 70.5 cm³/mol. The van der Waals surface area contributed by atoms with Gasteiger partial charge < -0.3 is 15.3 Å². The van der Waals surface area contributed by atoms with Crippen LogP contribution in [0.1, 0.15) is 11.1 Å². The number of phenols is 1. The molecular formula is C12H19NO5S. The highest BCUT2D eigenvalue weighted by Crippen LogP contribution is 2.26. The first-order chi connectivity index (χ1) is 8.84. The highest BCUT2D eigenvalue weighted by atomic mass is 32.2. The lowest BCUT2D eigenvalue weighted by atomic mass is 10.1. The van der Waals surface area contributed by atoms with Crippen molar-refractivity contribution in [2.24, 2.45) is 0 Å². The van der Waals surface area contributed by atoms with Crippen molar-refractivity contribution in [2.45, 2.75) is 18.7 Å². The van der Waals surface area contributed by atoms with Crippen molar-refractivity contribution >= 4 is 10.0 Å². The molecule has 1 aromatic carbocycles. The molecule has 0 aliphatic rings. The fourth-order valence-corrected chi connectivity index (χ4v) is 3.38. The summed E-state index contributed by atoms with van der Waals surface area (Å²) in [6, 6.07) is 2.75. The molecule has 0 radical (unpaired) electrons. The maximum absolute atomic E-state index is 12.4. The Labute approximate surface area is 113 Å². The Bertz CT molecular complexity index is 512. The maximum Gasteiger partial charge on any atom is 0.243 e. The predicted octanol–water partition coefficient (Wildman–Crippen LogP) is -0.0157. The maximum atomic E-state index is 12.4. The molecule has 0 saturated heterocycles. The van der Waals surface area contributed by atoms with Crippen molar-refractivity contribution in [3.05, 3.63) is 23.3 Å². The van der Waals surface area contributed by atoms with Gasteiger partial charge in [-0.3, -0.25) is 0 Å². The molecule has 0 atom stereocenters. The fourth-order valence-electron chi connectivity index (χ4n) is 1.79. The highest BCUT2D eigenvalue weighted by Gasteiger charge is 2.24. The molecule has 108 valence electrons. The van der Waals surface area contributed by atoms with Crippen LogP contribution in [-0.2, 0) is 10.0 Å². The second-order valence-corrected chi connectivity index (χ2v) is 6.19. The van der Waals surface area contributed by atoms with E-state index in [1.165, 1.54) is 12.1 Å². The Morgan fingerprint density at radius 2 is 1.47 bits per heavy atom. The van der Waals surface area contributed by atoms with Crippen LogP contribution >= 0.6 is 0 Å². The summed E-state index contributed by atoms with van der Waals surface area (Å²) < 4.78 is 25.7. The quantitative estimate of drug-likeness (QED) is 0.684. The van der Waals surface area contributed by atoms with Crippen LogP contribution in [0.2, 0.25) is 0 Å². The van der Waals surface area contributed by atoms with E-state index in [4.69, 9.17) is 10.2 Å². The first-order valence-corrected chi connectivity index (χ1v) is 7.30. The lowest BCUT2D eigenvalue weighted by Gasteiger charge is -2.21. The number of hydrogen-bond acceptors (Lipinski definition) is 5. The standard InChI is InChI=1S/C12H19NO5S/c1-9-7-11(8-10(2)12(9)16)19(17,18)13(3-5-14)4-6-15/h7-8,14-16H,3-6H2,1-2H3. The van der Waals surface area contributed by atoms with Crippen molar-refractivity contribution in [3.8, 4) is 5.75 Å². The van der Waals surface area contributed by atoms with Crippen molar-refractivity contribution in [1.29, 1.82) is 0 Å². The van der Waals surface area contributed by atoms with E-state index in [-0.39, 0.29) is 36.9 Å². The zero-order valence-electron chi connectivity index (χ0n) is 11.0. The molecule has 1 rings (SSSR count). The van der Waals surface area contributed by atoms with Gasteiger partial charge in [0, 0.05) is 13.1 Å². The average molecular weight is 289 g/mol. The molecule has 6 nitrogen and oxygen atoms in total. The van der Waals surface area contributed by atoms with E-state index in [0.717, 1.165) is 4.31 Å². The highest BCUT2D eigenvalue weighted by molar-refractivity contribution is 7.89.